The Hall–Kier alpha value is -1.69. The van der Waals surface area contributed by atoms with Crippen molar-refractivity contribution in [3.05, 3.63) is 29.8 Å². The average molecular weight is 309 g/mol. The highest BCUT2D eigenvalue weighted by atomic mass is 32.2. The molecule has 114 valence electrons. The van der Waals surface area contributed by atoms with Gasteiger partial charge >= 0.3 is 5.97 Å². The molecule has 1 saturated heterocycles. The fraction of sp³-hybridized carbons (Fsp3) is 0.467. The van der Waals surface area contributed by atoms with Crippen LogP contribution in [-0.2, 0) is 4.79 Å². The first-order valence-electron chi connectivity index (χ1n) is 6.95. The van der Waals surface area contributed by atoms with E-state index in [1.165, 1.54) is 0 Å². The third-order valence-corrected chi connectivity index (χ3v) is 4.40. The van der Waals surface area contributed by atoms with Gasteiger partial charge in [0.05, 0.1) is 19.1 Å². The number of hydrogen-bond acceptors (Lipinski definition) is 4. The summed E-state index contributed by atoms with van der Waals surface area (Å²) in [5, 5.41) is 8.97. The maximum atomic E-state index is 12.5. The van der Waals surface area contributed by atoms with E-state index in [2.05, 4.69) is 0 Å². The number of rotatable bonds is 5. The molecule has 1 unspecified atom stereocenters. The van der Waals surface area contributed by atoms with Gasteiger partial charge in [-0.25, -0.2) is 0 Å². The number of carbonyl (C=O) groups excluding carboxylic acids is 1. The van der Waals surface area contributed by atoms with Crippen LogP contribution in [0, 0.1) is 0 Å². The number of amides is 1. The van der Waals surface area contributed by atoms with Crippen molar-refractivity contribution in [3.63, 3.8) is 0 Å². The van der Waals surface area contributed by atoms with Crippen molar-refractivity contribution in [1.82, 2.24) is 4.90 Å². The molecule has 0 radical (unpaired) electrons. The summed E-state index contributed by atoms with van der Waals surface area (Å²) in [5.41, 5.74) is 0.570. The number of thioether (sulfide) groups is 1. The lowest BCUT2D eigenvalue weighted by atomic mass is 10.1. The number of carboxylic acid groups (broad SMARTS) is 1. The highest BCUT2D eigenvalue weighted by Gasteiger charge is 2.29. The molecule has 1 aromatic rings. The monoisotopic (exact) mass is 309 g/mol. The Morgan fingerprint density at radius 1 is 1.38 bits per heavy atom. The summed E-state index contributed by atoms with van der Waals surface area (Å²) in [4.78, 5) is 25.1. The quantitative estimate of drug-likeness (QED) is 0.902. The van der Waals surface area contributed by atoms with Crippen molar-refractivity contribution < 1.29 is 19.4 Å². The predicted octanol–water partition coefficient (Wildman–Crippen LogP) is 2.12. The van der Waals surface area contributed by atoms with Gasteiger partial charge in [-0.15, -0.1) is 0 Å². The molecule has 0 saturated carbocycles. The Morgan fingerprint density at radius 2 is 2.10 bits per heavy atom. The van der Waals surface area contributed by atoms with Crippen LogP contribution < -0.4 is 4.74 Å². The van der Waals surface area contributed by atoms with E-state index in [4.69, 9.17) is 9.84 Å². The second-order valence-electron chi connectivity index (χ2n) is 4.78. The van der Waals surface area contributed by atoms with Gasteiger partial charge in [-0.1, -0.05) is 0 Å². The summed E-state index contributed by atoms with van der Waals surface area (Å²) >= 11 is 1.69. The molecule has 21 heavy (non-hydrogen) atoms. The number of benzene rings is 1. The van der Waals surface area contributed by atoms with Crippen LogP contribution in [0.25, 0.3) is 0 Å². The first kappa shape index (κ1) is 15.7. The summed E-state index contributed by atoms with van der Waals surface area (Å²) in [6.07, 6.45) is -0.00420. The lowest BCUT2D eigenvalue weighted by Crippen LogP contribution is -2.47. The van der Waals surface area contributed by atoms with E-state index in [0.717, 1.165) is 11.5 Å². The summed E-state index contributed by atoms with van der Waals surface area (Å²) in [5.74, 6) is 1.27. The minimum Gasteiger partial charge on any atom is -0.494 e. The highest BCUT2D eigenvalue weighted by molar-refractivity contribution is 7.99. The minimum atomic E-state index is -0.869. The topological polar surface area (TPSA) is 66.8 Å². The van der Waals surface area contributed by atoms with Crippen LogP contribution in [-0.4, -0.2) is 52.6 Å². The van der Waals surface area contributed by atoms with E-state index in [9.17, 15) is 9.59 Å². The van der Waals surface area contributed by atoms with E-state index in [1.807, 2.05) is 6.92 Å². The fourth-order valence-corrected chi connectivity index (χ4v) is 3.38. The zero-order valence-electron chi connectivity index (χ0n) is 11.9. The lowest BCUT2D eigenvalue weighted by molar-refractivity contribution is -0.138. The van der Waals surface area contributed by atoms with Crippen LogP contribution in [0.1, 0.15) is 23.7 Å². The molecule has 0 aliphatic carbocycles. The predicted molar refractivity (Wildman–Crippen MR) is 82.0 cm³/mol. The van der Waals surface area contributed by atoms with Gasteiger partial charge in [0.1, 0.15) is 5.75 Å². The maximum Gasteiger partial charge on any atom is 0.305 e. The largest absolute Gasteiger partial charge is 0.494 e. The van der Waals surface area contributed by atoms with Gasteiger partial charge in [-0.3, -0.25) is 9.59 Å². The van der Waals surface area contributed by atoms with E-state index < -0.39 is 5.97 Å². The Labute approximate surface area is 128 Å². The molecular formula is C15H19NO4S. The van der Waals surface area contributed by atoms with Crippen LogP contribution in [0.2, 0.25) is 0 Å². The maximum absolute atomic E-state index is 12.5. The number of carboxylic acids is 1. The van der Waals surface area contributed by atoms with Gasteiger partial charge in [-0.2, -0.15) is 11.8 Å². The van der Waals surface area contributed by atoms with Crippen molar-refractivity contribution in [2.45, 2.75) is 19.4 Å². The van der Waals surface area contributed by atoms with Gasteiger partial charge in [0.25, 0.3) is 5.91 Å². The number of hydrogen-bond donors (Lipinski definition) is 1. The molecule has 0 spiro atoms. The number of carbonyl (C=O) groups is 2. The molecule has 1 amide bonds. The standard InChI is InChI=1S/C15H19NO4S/c1-2-20-13-5-3-11(4-6-13)15(19)16-7-8-21-10-12(16)9-14(17)18/h3-6,12H,2,7-10H2,1H3,(H,17,18). The smallest absolute Gasteiger partial charge is 0.305 e. The van der Waals surface area contributed by atoms with Crippen LogP contribution >= 0.6 is 11.8 Å². The molecule has 1 aromatic carbocycles. The average Bonchev–Trinajstić information content (AvgIpc) is 2.48. The molecule has 0 aromatic heterocycles. The second-order valence-corrected chi connectivity index (χ2v) is 5.93. The Morgan fingerprint density at radius 3 is 2.71 bits per heavy atom. The van der Waals surface area contributed by atoms with E-state index in [0.29, 0.717) is 24.5 Å². The van der Waals surface area contributed by atoms with Crippen LogP contribution in [0.5, 0.6) is 5.75 Å². The van der Waals surface area contributed by atoms with Gasteiger partial charge in [0.15, 0.2) is 0 Å². The van der Waals surface area contributed by atoms with Gasteiger partial charge < -0.3 is 14.7 Å². The molecule has 5 nitrogen and oxygen atoms in total. The van der Waals surface area contributed by atoms with E-state index >= 15 is 0 Å². The zero-order chi connectivity index (χ0) is 15.2. The Kier molecular flexibility index (Phi) is 5.50. The van der Waals surface area contributed by atoms with Crippen LogP contribution in [0.15, 0.2) is 24.3 Å². The molecule has 1 heterocycles. The molecule has 1 atom stereocenters. The van der Waals surface area contributed by atoms with Crippen molar-refractivity contribution in [1.29, 1.82) is 0 Å². The van der Waals surface area contributed by atoms with Crippen molar-refractivity contribution >= 4 is 23.6 Å². The molecule has 1 aliphatic rings. The summed E-state index contributed by atoms with van der Waals surface area (Å²) in [7, 11) is 0. The van der Waals surface area contributed by atoms with E-state index in [1.54, 1.807) is 40.9 Å². The van der Waals surface area contributed by atoms with Gasteiger partial charge in [0, 0.05) is 23.6 Å². The second kappa shape index (κ2) is 7.36. The molecule has 1 N–H and O–H groups in total. The number of aliphatic carboxylic acids is 1. The fourth-order valence-electron chi connectivity index (χ4n) is 2.32. The molecular weight excluding hydrogens is 290 g/mol. The lowest BCUT2D eigenvalue weighted by Gasteiger charge is -2.34. The summed E-state index contributed by atoms with van der Waals surface area (Å²) in [6, 6.07) is 6.75. The Bertz CT molecular complexity index is 503. The minimum absolute atomic E-state index is 0.00420. The van der Waals surface area contributed by atoms with E-state index in [-0.39, 0.29) is 18.4 Å². The van der Waals surface area contributed by atoms with Gasteiger partial charge in [-0.05, 0) is 31.2 Å². The Balaban J connectivity index is 2.10. The third kappa shape index (κ3) is 4.14. The molecule has 1 fully saturated rings. The molecule has 6 heteroatoms. The van der Waals surface area contributed by atoms with Gasteiger partial charge in [0.2, 0.25) is 0 Å². The molecule has 0 bridgehead atoms. The molecule has 1 aliphatic heterocycles. The highest BCUT2D eigenvalue weighted by Crippen LogP contribution is 2.22. The van der Waals surface area contributed by atoms with Crippen molar-refractivity contribution in [3.8, 4) is 5.75 Å². The first-order chi connectivity index (χ1) is 10.1. The van der Waals surface area contributed by atoms with Crippen LogP contribution in [0.4, 0.5) is 0 Å². The zero-order valence-corrected chi connectivity index (χ0v) is 12.8. The first-order valence-corrected chi connectivity index (χ1v) is 8.10. The van der Waals surface area contributed by atoms with Crippen molar-refractivity contribution in [2.24, 2.45) is 0 Å². The van der Waals surface area contributed by atoms with Crippen molar-refractivity contribution in [2.75, 3.05) is 24.7 Å². The normalized spacial score (nSPS) is 18.3. The SMILES string of the molecule is CCOc1ccc(C(=O)N2CCSCC2CC(=O)O)cc1. The third-order valence-electron chi connectivity index (χ3n) is 3.31. The number of nitrogens with zero attached hydrogens (tertiary/aromatic N) is 1. The number of ether oxygens (including phenoxy) is 1. The van der Waals surface area contributed by atoms with Crippen LogP contribution in [0.3, 0.4) is 0 Å². The summed E-state index contributed by atoms with van der Waals surface area (Å²) in [6.45, 7) is 3.08. The summed E-state index contributed by atoms with van der Waals surface area (Å²) < 4.78 is 5.35. The molecule has 2 rings (SSSR count).